The van der Waals surface area contributed by atoms with E-state index in [1.807, 2.05) is 19.1 Å². The van der Waals surface area contributed by atoms with Crippen molar-refractivity contribution in [1.82, 2.24) is 19.6 Å². The van der Waals surface area contributed by atoms with Crippen molar-refractivity contribution in [1.29, 1.82) is 0 Å². The molecule has 236 valence electrons. The molecule has 10 nitrogen and oxygen atoms in total. The van der Waals surface area contributed by atoms with Crippen LogP contribution in [0.1, 0.15) is 70.6 Å². The van der Waals surface area contributed by atoms with Crippen LogP contribution in [0.5, 0.6) is 0 Å². The van der Waals surface area contributed by atoms with Crippen LogP contribution in [0.25, 0.3) is 22.0 Å². The number of hydrogen-bond donors (Lipinski definition) is 0. The molecule has 0 bridgehead atoms. The Kier molecular flexibility index (Phi) is 8.07. The maximum absolute atomic E-state index is 13.7. The summed E-state index contributed by atoms with van der Waals surface area (Å²) in [6, 6.07) is 9.78. The summed E-state index contributed by atoms with van der Waals surface area (Å²) in [6.45, 7) is 12.5. The molecule has 4 aromatic rings. The molecule has 0 saturated heterocycles. The Bertz CT molecular complexity index is 1710. The number of phosphoric ester groups is 1. The van der Waals surface area contributed by atoms with Gasteiger partial charge in [0.05, 0.1) is 34.5 Å². The van der Waals surface area contributed by atoms with E-state index in [0.29, 0.717) is 28.0 Å². The third-order valence-corrected chi connectivity index (χ3v) is 8.57. The van der Waals surface area contributed by atoms with Gasteiger partial charge in [-0.2, -0.15) is 23.4 Å². The molecule has 0 radical (unpaired) electrons. The van der Waals surface area contributed by atoms with Crippen LogP contribution in [0.4, 0.5) is 18.9 Å². The van der Waals surface area contributed by atoms with Crippen LogP contribution in [0, 0.1) is 0 Å². The lowest BCUT2D eigenvalue weighted by Crippen LogP contribution is -2.42. The average molecular weight is 634 g/mol. The number of nitrogens with zero attached hydrogens (tertiary/aromatic N) is 5. The highest BCUT2D eigenvalue weighted by atomic mass is 31.2. The predicted molar refractivity (Wildman–Crippen MR) is 159 cm³/mol. The van der Waals surface area contributed by atoms with E-state index in [2.05, 4.69) is 10.2 Å². The highest BCUT2D eigenvalue weighted by Crippen LogP contribution is 2.55. The van der Waals surface area contributed by atoms with Crippen molar-refractivity contribution in [2.45, 2.75) is 78.6 Å². The molecule has 0 fully saturated rings. The number of anilines is 1. The number of aromatic nitrogens is 4. The minimum absolute atomic E-state index is 0.200. The van der Waals surface area contributed by atoms with Crippen LogP contribution in [0.15, 0.2) is 54.9 Å². The molecule has 1 aliphatic heterocycles. The van der Waals surface area contributed by atoms with Gasteiger partial charge in [0, 0.05) is 29.4 Å². The van der Waals surface area contributed by atoms with E-state index in [9.17, 15) is 22.5 Å². The van der Waals surface area contributed by atoms with E-state index < -0.39 is 30.8 Å². The van der Waals surface area contributed by atoms with Crippen LogP contribution in [-0.4, -0.2) is 43.2 Å². The molecular formula is C30H35F3N5O5P. The summed E-state index contributed by atoms with van der Waals surface area (Å²) >= 11 is 0. The maximum Gasteiger partial charge on any atom is 0.477 e. The molecular weight excluding hydrogens is 598 g/mol. The fourth-order valence-electron chi connectivity index (χ4n) is 4.91. The highest BCUT2D eigenvalue weighted by molar-refractivity contribution is 7.48. The lowest BCUT2D eigenvalue weighted by Gasteiger charge is -2.32. The quantitative estimate of drug-likeness (QED) is 0.191. The molecule has 14 heteroatoms. The van der Waals surface area contributed by atoms with Crippen LogP contribution in [0.3, 0.4) is 0 Å². The number of carbonyl (C=O) groups is 1. The van der Waals surface area contributed by atoms with Crippen molar-refractivity contribution >= 4 is 30.3 Å². The van der Waals surface area contributed by atoms with E-state index in [1.54, 1.807) is 64.7 Å². The van der Waals surface area contributed by atoms with Gasteiger partial charge in [0.15, 0.2) is 6.73 Å². The first-order chi connectivity index (χ1) is 20.3. The lowest BCUT2D eigenvalue weighted by atomic mass is 10.0. The van der Waals surface area contributed by atoms with E-state index in [1.165, 1.54) is 21.7 Å². The number of carbonyl (C=O) groups excluding carboxylic acids is 1. The van der Waals surface area contributed by atoms with Gasteiger partial charge in [-0.3, -0.25) is 23.0 Å². The Morgan fingerprint density at radius 1 is 0.977 bits per heavy atom. The second-order valence-corrected chi connectivity index (χ2v) is 14.2. The Hall–Kier alpha value is -3.51. The zero-order valence-corrected chi connectivity index (χ0v) is 26.4. The predicted octanol–water partition coefficient (Wildman–Crippen LogP) is 7.85. The second-order valence-electron chi connectivity index (χ2n) is 12.7. The minimum Gasteiger partial charge on any atom is -0.305 e. The fraction of sp³-hybridized carbons (Fsp3) is 0.433. The molecule has 1 atom stereocenters. The van der Waals surface area contributed by atoms with Crippen LogP contribution in [0.2, 0.25) is 0 Å². The summed E-state index contributed by atoms with van der Waals surface area (Å²) < 4.78 is 72.8. The van der Waals surface area contributed by atoms with Gasteiger partial charge in [0.1, 0.15) is 5.69 Å². The molecule has 3 heterocycles. The first kappa shape index (κ1) is 31.9. The van der Waals surface area contributed by atoms with Gasteiger partial charge in [0.25, 0.3) is 5.91 Å². The van der Waals surface area contributed by atoms with Gasteiger partial charge in [-0.15, -0.1) is 0 Å². The Balaban J connectivity index is 1.41. The minimum atomic E-state index is -4.47. The van der Waals surface area contributed by atoms with Gasteiger partial charge in [-0.05, 0) is 90.4 Å². The third kappa shape index (κ3) is 6.91. The summed E-state index contributed by atoms with van der Waals surface area (Å²) in [6.07, 6.45) is -1.15. The molecule has 0 aliphatic carbocycles. The normalized spacial score (nSPS) is 16.5. The molecule has 44 heavy (non-hydrogen) atoms. The smallest absolute Gasteiger partial charge is 0.305 e. The zero-order chi connectivity index (χ0) is 32.2. The number of hydrogen-bond acceptors (Lipinski definition) is 7. The summed E-state index contributed by atoms with van der Waals surface area (Å²) in [7, 11) is -3.96. The van der Waals surface area contributed by atoms with Crippen molar-refractivity contribution in [3.05, 3.63) is 66.1 Å². The van der Waals surface area contributed by atoms with Gasteiger partial charge in [0.2, 0.25) is 0 Å². The largest absolute Gasteiger partial charge is 0.477 e. The second kappa shape index (κ2) is 11.1. The van der Waals surface area contributed by atoms with Crippen molar-refractivity contribution in [2.75, 3.05) is 11.4 Å². The summed E-state index contributed by atoms with van der Waals surface area (Å²) in [4.78, 5) is 15.2. The first-order valence-corrected chi connectivity index (χ1v) is 15.5. The molecule has 5 rings (SSSR count). The van der Waals surface area contributed by atoms with E-state index in [4.69, 9.17) is 13.6 Å². The Morgan fingerprint density at radius 3 is 2.20 bits per heavy atom. The summed E-state index contributed by atoms with van der Waals surface area (Å²) in [5.41, 5.74) is 0.255. The Morgan fingerprint density at radius 2 is 1.61 bits per heavy atom. The summed E-state index contributed by atoms with van der Waals surface area (Å²) in [5.74, 6) is -0.368. The monoisotopic (exact) mass is 633 g/mol. The van der Waals surface area contributed by atoms with Crippen LogP contribution >= 0.6 is 7.82 Å². The van der Waals surface area contributed by atoms with E-state index >= 15 is 0 Å². The van der Waals surface area contributed by atoms with Crippen LogP contribution in [-0.2, 0) is 31.0 Å². The number of rotatable bonds is 7. The lowest BCUT2D eigenvalue weighted by molar-refractivity contribution is -0.137. The maximum atomic E-state index is 13.7. The summed E-state index contributed by atoms with van der Waals surface area (Å²) in [5, 5.41) is 9.69. The third-order valence-electron chi connectivity index (χ3n) is 6.60. The number of alkyl halides is 3. The first-order valence-electron chi connectivity index (χ1n) is 14.0. The van der Waals surface area contributed by atoms with Gasteiger partial charge in [-0.25, -0.2) is 9.25 Å². The molecule has 0 spiro atoms. The van der Waals surface area contributed by atoms with Gasteiger partial charge in [-0.1, -0.05) is 6.07 Å². The molecule has 2 aromatic heterocycles. The average Bonchev–Trinajstić information content (AvgIpc) is 3.51. The number of phosphoric acid groups is 1. The van der Waals surface area contributed by atoms with Crippen molar-refractivity contribution in [3.8, 4) is 11.1 Å². The van der Waals surface area contributed by atoms with Crippen molar-refractivity contribution in [2.24, 2.45) is 0 Å². The SMILES string of the molecule is C[C@H]1CN(c2ccc(C(F)(F)F)cc2)C(=O)c2c(-c3ccc4nn(COP(=O)(OC(C)(C)C)OC(C)(C)C)cc4c3)cnn21. The van der Waals surface area contributed by atoms with Crippen LogP contribution < -0.4 is 4.90 Å². The van der Waals surface area contributed by atoms with E-state index in [-0.39, 0.29) is 25.2 Å². The zero-order valence-electron chi connectivity index (χ0n) is 25.5. The fourth-order valence-corrected chi connectivity index (χ4v) is 6.65. The molecule has 1 amide bonds. The molecule has 0 saturated carbocycles. The number of amides is 1. The van der Waals surface area contributed by atoms with Gasteiger partial charge >= 0.3 is 14.0 Å². The number of benzene rings is 2. The van der Waals surface area contributed by atoms with Crippen molar-refractivity contribution in [3.63, 3.8) is 0 Å². The highest BCUT2D eigenvalue weighted by Gasteiger charge is 2.38. The van der Waals surface area contributed by atoms with Crippen molar-refractivity contribution < 1.29 is 36.1 Å². The molecule has 0 N–H and O–H groups in total. The topological polar surface area (TPSA) is 101 Å². The molecule has 0 unspecified atom stereocenters. The van der Waals surface area contributed by atoms with E-state index in [0.717, 1.165) is 17.5 Å². The molecule has 1 aliphatic rings. The van der Waals surface area contributed by atoms with Gasteiger partial charge < -0.3 is 4.90 Å². The Labute approximate surface area is 253 Å². The number of halogens is 3. The molecule has 2 aromatic carbocycles. The standard InChI is InChI=1S/C30H35F3N5O5P/c1-19-16-37(23-11-9-22(10-12-23)30(31,32)33)27(39)26-24(15-34-38(19)26)20-8-13-25-21(14-20)17-36(35-25)18-41-44(40,42-28(2,3)4)43-29(5,6)7/h8-15,17,19H,16,18H2,1-7H3/t19-/m0/s1. The number of fused-ring (bicyclic) bond motifs is 2.